The Morgan fingerprint density at radius 1 is 1.33 bits per heavy atom. The fourth-order valence-corrected chi connectivity index (χ4v) is 0.711. The Hall–Kier alpha value is -0.580. The SMILES string of the molecule is C=C(OC)C(O)C(C)(OC)OC. The van der Waals surface area contributed by atoms with Gasteiger partial charge in [-0.2, -0.15) is 0 Å². The molecule has 0 fully saturated rings. The summed E-state index contributed by atoms with van der Waals surface area (Å²) in [4.78, 5) is 0. The van der Waals surface area contributed by atoms with Crippen LogP contribution < -0.4 is 0 Å². The second kappa shape index (κ2) is 4.45. The van der Waals surface area contributed by atoms with Gasteiger partial charge in [-0.1, -0.05) is 6.58 Å². The number of aliphatic hydroxyl groups excluding tert-OH is 1. The van der Waals surface area contributed by atoms with Crippen LogP contribution in [-0.4, -0.2) is 38.3 Å². The first-order chi connectivity index (χ1) is 5.51. The van der Waals surface area contributed by atoms with Crippen molar-refractivity contribution in [1.29, 1.82) is 0 Å². The third kappa shape index (κ3) is 2.20. The quantitative estimate of drug-likeness (QED) is 0.490. The number of hydrogen-bond acceptors (Lipinski definition) is 4. The Bertz CT molecular complexity index is 151. The van der Waals surface area contributed by atoms with Crippen LogP contribution >= 0.6 is 0 Å². The van der Waals surface area contributed by atoms with E-state index < -0.39 is 11.9 Å². The molecular weight excluding hydrogens is 160 g/mol. The zero-order chi connectivity index (χ0) is 9.78. The molecule has 0 bridgehead atoms. The largest absolute Gasteiger partial charge is 0.499 e. The molecule has 12 heavy (non-hydrogen) atoms. The standard InChI is InChI=1S/C8H16O4/c1-6(10-3)7(9)8(2,11-4)12-5/h7,9H,1H2,2-5H3. The molecule has 0 aliphatic rings. The molecule has 0 aromatic rings. The van der Waals surface area contributed by atoms with Crippen LogP contribution in [-0.2, 0) is 14.2 Å². The summed E-state index contributed by atoms with van der Waals surface area (Å²) in [5, 5.41) is 9.56. The van der Waals surface area contributed by atoms with Crippen LogP contribution in [0.2, 0.25) is 0 Å². The smallest absolute Gasteiger partial charge is 0.198 e. The van der Waals surface area contributed by atoms with E-state index >= 15 is 0 Å². The Morgan fingerprint density at radius 2 is 1.75 bits per heavy atom. The van der Waals surface area contributed by atoms with E-state index in [2.05, 4.69) is 6.58 Å². The van der Waals surface area contributed by atoms with Crippen molar-refractivity contribution in [2.75, 3.05) is 21.3 Å². The lowest BCUT2D eigenvalue weighted by Crippen LogP contribution is -2.44. The lowest BCUT2D eigenvalue weighted by Gasteiger charge is -2.31. The normalized spacial score (nSPS) is 14.1. The zero-order valence-corrected chi connectivity index (χ0v) is 7.96. The summed E-state index contributed by atoms with van der Waals surface area (Å²) < 4.78 is 14.7. The van der Waals surface area contributed by atoms with Gasteiger partial charge < -0.3 is 19.3 Å². The van der Waals surface area contributed by atoms with E-state index in [1.54, 1.807) is 6.92 Å². The Balaban J connectivity index is 4.40. The van der Waals surface area contributed by atoms with Crippen LogP contribution in [0.4, 0.5) is 0 Å². The molecule has 0 aliphatic heterocycles. The topological polar surface area (TPSA) is 47.9 Å². The molecule has 4 heteroatoms. The van der Waals surface area contributed by atoms with E-state index in [0.717, 1.165) is 0 Å². The maximum absolute atomic E-state index is 9.56. The molecule has 0 saturated carbocycles. The van der Waals surface area contributed by atoms with E-state index in [0.29, 0.717) is 0 Å². The highest BCUT2D eigenvalue weighted by molar-refractivity contribution is 4.98. The number of aliphatic hydroxyl groups is 1. The van der Waals surface area contributed by atoms with E-state index in [4.69, 9.17) is 14.2 Å². The molecule has 0 rings (SSSR count). The molecule has 4 nitrogen and oxygen atoms in total. The summed E-state index contributed by atoms with van der Waals surface area (Å²) in [5.41, 5.74) is 0. The molecule has 1 unspecified atom stereocenters. The minimum Gasteiger partial charge on any atom is -0.499 e. The molecule has 0 amide bonds. The molecule has 1 atom stereocenters. The number of rotatable bonds is 5. The maximum Gasteiger partial charge on any atom is 0.198 e. The van der Waals surface area contributed by atoms with E-state index in [1.807, 2.05) is 0 Å². The fourth-order valence-electron chi connectivity index (χ4n) is 0.711. The lowest BCUT2D eigenvalue weighted by atomic mass is 10.1. The molecule has 1 N–H and O–H groups in total. The zero-order valence-electron chi connectivity index (χ0n) is 7.96. The number of ether oxygens (including phenoxy) is 3. The molecular formula is C8H16O4. The van der Waals surface area contributed by atoms with Crippen LogP contribution in [0.5, 0.6) is 0 Å². The lowest BCUT2D eigenvalue weighted by molar-refractivity contribution is -0.243. The van der Waals surface area contributed by atoms with Crippen molar-refractivity contribution >= 4 is 0 Å². The van der Waals surface area contributed by atoms with Gasteiger partial charge in [-0.25, -0.2) is 0 Å². The third-order valence-electron chi connectivity index (χ3n) is 1.87. The molecule has 0 aromatic carbocycles. The minimum atomic E-state index is -1.10. The highest BCUT2D eigenvalue weighted by atomic mass is 16.7. The molecule has 0 radical (unpaired) electrons. The van der Waals surface area contributed by atoms with Crippen molar-refractivity contribution in [2.24, 2.45) is 0 Å². The highest BCUT2D eigenvalue weighted by Gasteiger charge is 2.35. The minimum absolute atomic E-state index is 0.209. The monoisotopic (exact) mass is 176 g/mol. The molecule has 0 aliphatic carbocycles. The van der Waals surface area contributed by atoms with Crippen LogP contribution in [0.3, 0.4) is 0 Å². The first kappa shape index (κ1) is 11.4. The van der Waals surface area contributed by atoms with Crippen molar-refractivity contribution in [3.8, 4) is 0 Å². The van der Waals surface area contributed by atoms with Crippen LogP contribution in [0.1, 0.15) is 6.92 Å². The van der Waals surface area contributed by atoms with Crippen LogP contribution in [0.25, 0.3) is 0 Å². The van der Waals surface area contributed by atoms with Gasteiger partial charge in [0.15, 0.2) is 11.9 Å². The third-order valence-corrected chi connectivity index (χ3v) is 1.87. The van der Waals surface area contributed by atoms with E-state index in [1.165, 1.54) is 21.3 Å². The number of hydrogen-bond donors (Lipinski definition) is 1. The maximum atomic E-state index is 9.56. The van der Waals surface area contributed by atoms with Gasteiger partial charge in [0.05, 0.1) is 7.11 Å². The number of methoxy groups -OCH3 is 3. The van der Waals surface area contributed by atoms with Gasteiger partial charge >= 0.3 is 0 Å². The average Bonchev–Trinajstić information content (AvgIpc) is 2.14. The predicted octanol–water partition coefficient (Wildman–Crippen LogP) is 0.516. The van der Waals surface area contributed by atoms with Gasteiger partial charge in [0.1, 0.15) is 5.76 Å². The van der Waals surface area contributed by atoms with Gasteiger partial charge in [-0.15, -0.1) is 0 Å². The van der Waals surface area contributed by atoms with Crippen LogP contribution in [0.15, 0.2) is 12.3 Å². The molecule has 72 valence electrons. The van der Waals surface area contributed by atoms with Crippen molar-refractivity contribution in [2.45, 2.75) is 18.8 Å². The second-order valence-electron chi connectivity index (χ2n) is 2.50. The van der Waals surface area contributed by atoms with Gasteiger partial charge in [0.2, 0.25) is 0 Å². The fraction of sp³-hybridized carbons (Fsp3) is 0.750. The second-order valence-corrected chi connectivity index (χ2v) is 2.50. The molecule has 0 aromatic heterocycles. The van der Waals surface area contributed by atoms with Gasteiger partial charge in [-0.3, -0.25) is 0 Å². The van der Waals surface area contributed by atoms with Gasteiger partial charge in [0.25, 0.3) is 0 Å². The van der Waals surface area contributed by atoms with E-state index in [-0.39, 0.29) is 5.76 Å². The molecule has 0 heterocycles. The Morgan fingerprint density at radius 3 is 2.00 bits per heavy atom. The van der Waals surface area contributed by atoms with Crippen molar-refractivity contribution in [3.05, 3.63) is 12.3 Å². The van der Waals surface area contributed by atoms with Crippen LogP contribution in [0, 0.1) is 0 Å². The predicted molar refractivity (Wildman–Crippen MR) is 44.6 cm³/mol. The summed E-state index contributed by atoms with van der Waals surface area (Å²) in [6.45, 7) is 5.10. The Labute approximate surface area is 72.7 Å². The highest BCUT2D eigenvalue weighted by Crippen LogP contribution is 2.20. The van der Waals surface area contributed by atoms with Crippen molar-refractivity contribution < 1.29 is 19.3 Å². The van der Waals surface area contributed by atoms with Gasteiger partial charge in [0, 0.05) is 14.2 Å². The summed E-state index contributed by atoms with van der Waals surface area (Å²) >= 11 is 0. The Kier molecular flexibility index (Phi) is 4.23. The summed E-state index contributed by atoms with van der Waals surface area (Å²) in [5.74, 6) is -0.895. The molecule has 0 saturated heterocycles. The molecule has 0 spiro atoms. The average molecular weight is 176 g/mol. The first-order valence-electron chi connectivity index (χ1n) is 3.53. The van der Waals surface area contributed by atoms with E-state index in [9.17, 15) is 5.11 Å². The summed E-state index contributed by atoms with van der Waals surface area (Å²) in [7, 11) is 4.31. The van der Waals surface area contributed by atoms with Gasteiger partial charge in [-0.05, 0) is 6.92 Å². The van der Waals surface area contributed by atoms with Crippen molar-refractivity contribution in [3.63, 3.8) is 0 Å². The summed E-state index contributed by atoms with van der Waals surface area (Å²) in [6, 6.07) is 0. The first-order valence-corrected chi connectivity index (χ1v) is 3.53. The van der Waals surface area contributed by atoms with Crippen molar-refractivity contribution in [1.82, 2.24) is 0 Å². The summed E-state index contributed by atoms with van der Waals surface area (Å²) in [6.07, 6.45) is -1.00.